The van der Waals surface area contributed by atoms with Crippen molar-refractivity contribution in [3.8, 4) is 0 Å². The highest BCUT2D eigenvalue weighted by atomic mass is 32.1. The van der Waals surface area contributed by atoms with E-state index in [2.05, 4.69) is 29.3 Å². The minimum absolute atomic E-state index is 0.180. The number of likely N-dealkylation sites (tertiary alicyclic amines) is 1. The fraction of sp³-hybridized carbons (Fsp3) is 0.588. The van der Waals surface area contributed by atoms with Crippen LogP contribution in [0.1, 0.15) is 45.1 Å². The van der Waals surface area contributed by atoms with Crippen LogP contribution in [0.2, 0.25) is 0 Å². The van der Waals surface area contributed by atoms with E-state index in [4.69, 9.17) is 4.74 Å². The number of hydrogen-bond acceptors (Lipinski definition) is 3. The maximum Gasteiger partial charge on any atom is 0.410 e. The molecule has 0 radical (unpaired) electrons. The predicted octanol–water partition coefficient (Wildman–Crippen LogP) is 4.35. The van der Waals surface area contributed by atoms with Crippen molar-refractivity contribution < 1.29 is 9.53 Å². The number of fused-ring (bicyclic) bond motifs is 1. The first-order chi connectivity index (χ1) is 10.3. The van der Waals surface area contributed by atoms with Crippen molar-refractivity contribution in [1.29, 1.82) is 0 Å². The van der Waals surface area contributed by atoms with Gasteiger partial charge in [0.15, 0.2) is 0 Å². The van der Waals surface area contributed by atoms with Gasteiger partial charge in [0.25, 0.3) is 0 Å². The lowest BCUT2D eigenvalue weighted by Crippen LogP contribution is -2.41. The van der Waals surface area contributed by atoms with Crippen molar-refractivity contribution >= 4 is 27.6 Å². The molecule has 3 rings (SSSR count). The third-order valence-corrected chi connectivity index (χ3v) is 5.16. The van der Waals surface area contributed by atoms with E-state index in [9.17, 15) is 4.79 Å². The highest BCUT2D eigenvalue weighted by Crippen LogP contribution is 2.36. The molecule has 0 bridgehead atoms. The van der Waals surface area contributed by atoms with Crippen LogP contribution in [0.25, 0.3) is 10.2 Å². The summed E-state index contributed by atoms with van der Waals surface area (Å²) in [6.07, 6.45) is 4.10. The number of ether oxygens (including phenoxy) is 1. The number of hydrogen-bond donors (Lipinski definition) is 0. The van der Waals surface area contributed by atoms with E-state index in [0.29, 0.717) is 5.92 Å². The zero-order chi connectivity index (χ0) is 15.9. The summed E-state index contributed by atoms with van der Waals surface area (Å²) in [6, 6.07) is 2.18. The van der Waals surface area contributed by atoms with Gasteiger partial charge >= 0.3 is 6.09 Å². The Kier molecular flexibility index (Phi) is 3.93. The summed E-state index contributed by atoms with van der Waals surface area (Å²) in [5.41, 5.74) is 2.34. The molecule has 0 aromatic carbocycles. The minimum Gasteiger partial charge on any atom is -0.444 e. The smallest absolute Gasteiger partial charge is 0.410 e. The topological polar surface area (TPSA) is 34.5 Å². The van der Waals surface area contributed by atoms with Crippen molar-refractivity contribution in [2.24, 2.45) is 7.05 Å². The minimum atomic E-state index is -0.420. The van der Waals surface area contributed by atoms with Crippen molar-refractivity contribution in [2.45, 2.75) is 45.1 Å². The summed E-state index contributed by atoms with van der Waals surface area (Å²) >= 11 is 1.82. The van der Waals surface area contributed by atoms with Gasteiger partial charge in [-0.15, -0.1) is 11.3 Å². The van der Waals surface area contributed by atoms with Gasteiger partial charge in [-0.25, -0.2) is 4.79 Å². The van der Waals surface area contributed by atoms with Crippen molar-refractivity contribution in [2.75, 3.05) is 13.1 Å². The van der Waals surface area contributed by atoms with Gasteiger partial charge in [-0.3, -0.25) is 0 Å². The molecule has 2 aromatic rings. The van der Waals surface area contributed by atoms with Gasteiger partial charge in [-0.2, -0.15) is 0 Å². The average molecular weight is 320 g/mol. The van der Waals surface area contributed by atoms with E-state index >= 15 is 0 Å². The molecule has 120 valence electrons. The van der Waals surface area contributed by atoms with Gasteiger partial charge in [-0.1, -0.05) is 0 Å². The number of carbonyl (C=O) groups excluding carboxylic acids is 1. The zero-order valence-corrected chi connectivity index (χ0v) is 14.6. The van der Waals surface area contributed by atoms with Gasteiger partial charge in [0.05, 0.1) is 10.2 Å². The molecule has 1 aliphatic heterocycles. The highest BCUT2D eigenvalue weighted by molar-refractivity contribution is 7.17. The first-order valence-electron chi connectivity index (χ1n) is 7.85. The molecule has 0 N–H and O–H groups in total. The van der Waals surface area contributed by atoms with E-state index in [-0.39, 0.29) is 6.09 Å². The van der Waals surface area contributed by atoms with Crippen LogP contribution in [0.5, 0.6) is 0 Å². The molecule has 1 saturated heterocycles. The summed E-state index contributed by atoms with van der Waals surface area (Å²) in [5.74, 6) is 0.543. The lowest BCUT2D eigenvalue weighted by atomic mass is 9.91. The predicted molar refractivity (Wildman–Crippen MR) is 90.6 cm³/mol. The average Bonchev–Trinajstić information content (AvgIpc) is 3.02. The SMILES string of the molecule is Cn1cc(C2CCN(C(=O)OC(C)(C)C)CC2)c2sccc21. The van der Waals surface area contributed by atoms with Crippen molar-refractivity contribution in [3.05, 3.63) is 23.2 Å². The number of nitrogens with zero attached hydrogens (tertiary/aromatic N) is 2. The van der Waals surface area contributed by atoms with Crippen molar-refractivity contribution in [3.63, 3.8) is 0 Å². The summed E-state index contributed by atoms with van der Waals surface area (Å²) in [4.78, 5) is 14.0. The third kappa shape index (κ3) is 3.00. The van der Waals surface area contributed by atoms with E-state index in [1.165, 1.54) is 15.8 Å². The maximum atomic E-state index is 12.1. The number of amides is 1. The second kappa shape index (κ2) is 5.61. The van der Waals surface area contributed by atoms with Crippen LogP contribution >= 0.6 is 11.3 Å². The van der Waals surface area contributed by atoms with E-state index in [1.807, 2.05) is 37.0 Å². The Morgan fingerprint density at radius 1 is 1.32 bits per heavy atom. The monoisotopic (exact) mass is 320 g/mol. The van der Waals surface area contributed by atoms with Gasteiger partial charge < -0.3 is 14.2 Å². The Bertz CT molecular complexity index is 672. The van der Waals surface area contributed by atoms with Gasteiger partial charge in [0, 0.05) is 26.3 Å². The van der Waals surface area contributed by atoms with Gasteiger partial charge in [0.2, 0.25) is 0 Å². The second-order valence-electron chi connectivity index (χ2n) is 7.07. The standard InChI is InChI=1S/C17H24N2O2S/c1-17(2,3)21-16(20)19-8-5-12(6-9-19)13-11-18(4)14-7-10-22-15(13)14/h7,10-12H,5-6,8-9H2,1-4H3. The Morgan fingerprint density at radius 2 is 2.00 bits per heavy atom. The number of carbonyl (C=O) groups is 1. The molecular weight excluding hydrogens is 296 g/mol. The zero-order valence-electron chi connectivity index (χ0n) is 13.8. The van der Waals surface area contributed by atoms with Crippen LogP contribution in [0.4, 0.5) is 4.79 Å². The number of rotatable bonds is 1. The quantitative estimate of drug-likeness (QED) is 0.782. The normalized spacial score (nSPS) is 17.2. The molecule has 5 heteroatoms. The fourth-order valence-electron chi connectivity index (χ4n) is 3.12. The Labute approximate surface area is 135 Å². The van der Waals surface area contributed by atoms with Crippen LogP contribution in [0, 0.1) is 0 Å². The van der Waals surface area contributed by atoms with E-state index < -0.39 is 5.60 Å². The van der Waals surface area contributed by atoms with Gasteiger partial charge in [0.1, 0.15) is 5.60 Å². The molecule has 1 amide bonds. The molecule has 2 aromatic heterocycles. The van der Waals surface area contributed by atoms with Crippen LogP contribution in [0.3, 0.4) is 0 Å². The lowest BCUT2D eigenvalue weighted by molar-refractivity contribution is 0.0205. The summed E-state index contributed by atoms with van der Waals surface area (Å²) < 4.78 is 9.08. The molecular formula is C17H24N2O2S. The number of aryl methyl sites for hydroxylation is 1. The van der Waals surface area contributed by atoms with E-state index in [1.54, 1.807) is 0 Å². The molecule has 4 nitrogen and oxygen atoms in total. The van der Waals surface area contributed by atoms with Crippen LogP contribution < -0.4 is 0 Å². The third-order valence-electron chi connectivity index (χ3n) is 4.21. The molecule has 0 unspecified atom stereocenters. The summed E-state index contributed by atoms with van der Waals surface area (Å²) in [5, 5.41) is 2.16. The number of thiophene rings is 1. The molecule has 22 heavy (non-hydrogen) atoms. The molecule has 0 saturated carbocycles. The highest BCUT2D eigenvalue weighted by Gasteiger charge is 2.28. The van der Waals surface area contributed by atoms with E-state index in [0.717, 1.165) is 25.9 Å². The Morgan fingerprint density at radius 3 is 2.64 bits per heavy atom. The van der Waals surface area contributed by atoms with Crippen LogP contribution in [-0.4, -0.2) is 34.3 Å². The van der Waals surface area contributed by atoms with Crippen molar-refractivity contribution in [1.82, 2.24) is 9.47 Å². The Balaban J connectivity index is 1.67. The number of aromatic nitrogens is 1. The fourth-order valence-corrected chi connectivity index (χ4v) is 4.14. The molecule has 0 spiro atoms. The second-order valence-corrected chi connectivity index (χ2v) is 7.99. The van der Waals surface area contributed by atoms with Gasteiger partial charge in [-0.05, 0) is 56.5 Å². The van der Waals surface area contributed by atoms with Crippen LogP contribution in [-0.2, 0) is 11.8 Å². The largest absolute Gasteiger partial charge is 0.444 e. The molecule has 0 atom stereocenters. The Hall–Kier alpha value is -1.49. The maximum absolute atomic E-state index is 12.1. The molecule has 1 fully saturated rings. The van der Waals surface area contributed by atoms with Crippen LogP contribution in [0.15, 0.2) is 17.6 Å². The molecule has 1 aliphatic rings. The summed E-state index contributed by atoms with van der Waals surface area (Å²) in [7, 11) is 2.11. The number of piperidine rings is 1. The lowest BCUT2D eigenvalue weighted by Gasteiger charge is -2.33. The first kappa shape index (κ1) is 15.4. The molecule has 0 aliphatic carbocycles. The first-order valence-corrected chi connectivity index (χ1v) is 8.73. The molecule has 3 heterocycles. The summed E-state index contributed by atoms with van der Waals surface area (Å²) in [6.45, 7) is 7.29.